The first-order chi connectivity index (χ1) is 14.3. The lowest BCUT2D eigenvalue weighted by molar-refractivity contribution is 0.415. The molecular weight excluding hydrogens is 378 g/mol. The predicted octanol–water partition coefficient (Wildman–Crippen LogP) is 6.38. The number of fused-ring (bicyclic) bond motifs is 1. The van der Waals surface area contributed by atoms with Crippen LogP contribution in [0.1, 0.15) is 26.2 Å². The highest BCUT2D eigenvalue weighted by molar-refractivity contribution is 7.99. The van der Waals surface area contributed by atoms with Gasteiger partial charge in [0, 0.05) is 17.4 Å². The molecular formula is C24H25N3OS. The van der Waals surface area contributed by atoms with Gasteiger partial charge in [-0.1, -0.05) is 50.1 Å². The summed E-state index contributed by atoms with van der Waals surface area (Å²) in [6.45, 7) is 2.23. The molecule has 0 aliphatic rings. The SMILES string of the molecule is CCCCCSc1ncnc2c1c(-c1ccccc1)cn2-c1ccc(OC)cc1. The molecule has 2 aromatic carbocycles. The first-order valence-electron chi connectivity index (χ1n) is 10.0. The number of unbranched alkanes of at least 4 members (excludes halogenated alkanes) is 2. The summed E-state index contributed by atoms with van der Waals surface area (Å²) in [5.74, 6) is 1.91. The Kier molecular flexibility index (Phi) is 6.15. The number of aromatic nitrogens is 3. The molecule has 4 aromatic rings. The van der Waals surface area contributed by atoms with Crippen LogP contribution in [0.25, 0.3) is 27.8 Å². The quantitative estimate of drug-likeness (QED) is 0.194. The topological polar surface area (TPSA) is 39.9 Å². The molecule has 0 atom stereocenters. The van der Waals surface area contributed by atoms with Crippen LogP contribution >= 0.6 is 11.8 Å². The van der Waals surface area contributed by atoms with Crippen molar-refractivity contribution >= 4 is 22.8 Å². The summed E-state index contributed by atoms with van der Waals surface area (Å²) in [5, 5.41) is 2.17. The molecule has 0 fully saturated rings. The fourth-order valence-corrected chi connectivity index (χ4v) is 4.45. The van der Waals surface area contributed by atoms with Crippen molar-refractivity contribution in [2.75, 3.05) is 12.9 Å². The molecule has 2 heterocycles. The van der Waals surface area contributed by atoms with Gasteiger partial charge in [-0.2, -0.15) is 0 Å². The predicted molar refractivity (Wildman–Crippen MR) is 121 cm³/mol. The minimum Gasteiger partial charge on any atom is -0.497 e. The van der Waals surface area contributed by atoms with E-state index in [0.717, 1.165) is 38.8 Å². The van der Waals surface area contributed by atoms with Crippen molar-refractivity contribution in [3.8, 4) is 22.6 Å². The number of nitrogens with zero attached hydrogens (tertiary/aromatic N) is 3. The normalized spacial score (nSPS) is 11.1. The van der Waals surface area contributed by atoms with E-state index < -0.39 is 0 Å². The number of benzene rings is 2. The summed E-state index contributed by atoms with van der Waals surface area (Å²) in [4.78, 5) is 9.30. The highest BCUT2D eigenvalue weighted by atomic mass is 32.2. The fraction of sp³-hybridized carbons (Fsp3) is 0.250. The maximum Gasteiger partial charge on any atom is 0.149 e. The van der Waals surface area contributed by atoms with Gasteiger partial charge in [0.05, 0.1) is 12.5 Å². The molecule has 4 nitrogen and oxygen atoms in total. The second kappa shape index (κ2) is 9.14. The van der Waals surface area contributed by atoms with Crippen LogP contribution in [-0.2, 0) is 0 Å². The van der Waals surface area contributed by atoms with Crippen LogP contribution in [-0.4, -0.2) is 27.4 Å². The third-order valence-electron chi connectivity index (χ3n) is 4.97. The Morgan fingerprint density at radius 1 is 0.966 bits per heavy atom. The van der Waals surface area contributed by atoms with Gasteiger partial charge in [-0.3, -0.25) is 0 Å². The van der Waals surface area contributed by atoms with Crippen LogP contribution in [0.15, 0.2) is 72.1 Å². The molecule has 0 spiro atoms. The van der Waals surface area contributed by atoms with Crippen LogP contribution in [0.3, 0.4) is 0 Å². The first kappa shape index (κ1) is 19.5. The van der Waals surface area contributed by atoms with Gasteiger partial charge in [-0.05, 0) is 42.0 Å². The molecule has 0 saturated heterocycles. The molecule has 148 valence electrons. The van der Waals surface area contributed by atoms with Gasteiger partial charge in [0.15, 0.2) is 0 Å². The number of hydrogen-bond donors (Lipinski definition) is 0. The molecule has 0 amide bonds. The highest BCUT2D eigenvalue weighted by Crippen LogP contribution is 2.37. The maximum absolute atomic E-state index is 5.31. The number of ether oxygens (including phenoxy) is 1. The molecule has 0 radical (unpaired) electrons. The average molecular weight is 404 g/mol. The fourth-order valence-electron chi connectivity index (χ4n) is 3.44. The molecule has 0 N–H and O–H groups in total. The summed E-state index contributed by atoms with van der Waals surface area (Å²) >= 11 is 1.83. The lowest BCUT2D eigenvalue weighted by atomic mass is 10.1. The van der Waals surface area contributed by atoms with Gasteiger partial charge in [0.25, 0.3) is 0 Å². The summed E-state index contributed by atoms with van der Waals surface area (Å²) in [6, 6.07) is 18.6. The maximum atomic E-state index is 5.31. The third-order valence-corrected chi connectivity index (χ3v) is 6.05. The van der Waals surface area contributed by atoms with Gasteiger partial charge >= 0.3 is 0 Å². The average Bonchev–Trinajstić information content (AvgIpc) is 3.18. The molecule has 5 heteroatoms. The number of methoxy groups -OCH3 is 1. The highest BCUT2D eigenvalue weighted by Gasteiger charge is 2.17. The Morgan fingerprint density at radius 2 is 1.76 bits per heavy atom. The van der Waals surface area contributed by atoms with Crippen molar-refractivity contribution in [3.63, 3.8) is 0 Å². The summed E-state index contributed by atoms with van der Waals surface area (Å²) in [7, 11) is 1.68. The third kappa shape index (κ3) is 4.15. The Balaban J connectivity index is 1.84. The second-order valence-corrected chi connectivity index (χ2v) is 7.99. The van der Waals surface area contributed by atoms with Gasteiger partial charge in [-0.15, -0.1) is 11.8 Å². The smallest absolute Gasteiger partial charge is 0.149 e. The minimum absolute atomic E-state index is 0.843. The van der Waals surface area contributed by atoms with Crippen LogP contribution in [0.5, 0.6) is 5.75 Å². The van der Waals surface area contributed by atoms with Gasteiger partial charge < -0.3 is 9.30 Å². The van der Waals surface area contributed by atoms with E-state index in [1.807, 2.05) is 30.0 Å². The summed E-state index contributed by atoms with van der Waals surface area (Å²) < 4.78 is 7.46. The van der Waals surface area contributed by atoms with Crippen LogP contribution in [0.4, 0.5) is 0 Å². The number of hydrogen-bond acceptors (Lipinski definition) is 4. The van der Waals surface area contributed by atoms with Crippen molar-refractivity contribution in [1.82, 2.24) is 14.5 Å². The zero-order valence-corrected chi connectivity index (χ0v) is 17.7. The van der Waals surface area contributed by atoms with Crippen LogP contribution in [0.2, 0.25) is 0 Å². The molecule has 4 rings (SSSR count). The first-order valence-corrected chi connectivity index (χ1v) is 11.0. The minimum atomic E-state index is 0.843. The van der Waals surface area contributed by atoms with Crippen molar-refractivity contribution in [2.24, 2.45) is 0 Å². The Hall–Kier alpha value is -2.79. The summed E-state index contributed by atoms with van der Waals surface area (Å²) in [6.07, 6.45) is 7.53. The lowest BCUT2D eigenvalue weighted by Gasteiger charge is -2.07. The van der Waals surface area contributed by atoms with Crippen molar-refractivity contribution < 1.29 is 4.74 Å². The Labute approximate surface area is 176 Å². The zero-order chi connectivity index (χ0) is 20.1. The summed E-state index contributed by atoms with van der Waals surface area (Å²) in [5.41, 5.74) is 4.32. The van der Waals surface area contributed by atoms with Crippen molar-refractivity contribution in [1.29, 1.82) is 0 Å². The molecule has 29 heavy (non-hydrogen) atoms. The monoisotopic (exact) mass is 403 g/mol. The molecule has 0 saturated carbocycles. The van der Waals surface area contributed by atoms with Crippen LogP contribution < -0.4 is 4.74 Å². The van der Waals surface area contributed by atoms with E-state index in [1.165, 1.54) is 24.8 Å². The van der Waals surface area contributed by atoms with Crippen molar-refractivity contribution in [3.05, 3.63) is 67.1 Å². The molecule has 0 aliphatic carbocycles. The Morgan fingerprint density at radius 3 is 2.48 bits per heavy atom. The van der Waals surface area contributed by atoms with E-state index in [2.05, 4.69) is 64.1 Å². The molecule has 0 unspecified atom stereocenters. The largest absolute Gasteiger partial charge is 0.497 e. The zero-order valence-electron chi connectivity index (χ0n) is 16.8. The van der Waals surface area contributed by atoms with E-state index in [9.17, 15) is 0 Å². The van der Waals surface area contributed by atoms with E-state index in [1.54, 1.807) is 13.4 Å². The number of thioether (sulfide) groups is 1. The Bertz CT molecular complexity index is 1070. The van der Waals surface area contributed by atoms with Gasteiger partial charge in [-0.25, -0.2) is 9.97 Å². The molecule has 2 aromatic heterocycles. The standard InChI is InChI=1S/C24H25N3OS/c1-3-4-8-15-29-24-22-21(18-9-6-5-7-10-18)16-27(23(22)25-17-26-24)19-11-13-20(28-2)14-12-19/h5-7,9-14,16-17H,3-4,8,15H2,1-2H3. The van der Waals surface area contributed by atoms with E-state index in [-0.39, 0.29) is 0 Å². The van der Waals surface area contributed by atoms with E-state index in [4.69, 9.17) is 4.74 Å². The molecule has 0 bridgehead atoms. The van der Waals surface area contributed by atoms with Crippen LogP contribution in [0, 0.1) is 0 Å². The molecule has 0 aliphatic heterocycles. The van der Waals surface area contributed by atoms with Crippen molar-refractivity contribution in [2.45, 2.75) is 31.2 Å². The number of rotatable bonds is 8. The van der Waals surface area contributed by atoms with E-state index in [0.29, 0.717) is 0 Å². The van der Waals surface area contributed by atoms with Gasteiger partial charge in [0.2, 0.25) is 0 Å². The second-order valence-electron chi connectivity index (χ2n) is 6.91. The van der Waals surface area contributed by atoms with Gasteiger partial charge in [0.1, 0.15) is 22.7 Å². The van der Waals surface area contributed by atoms with E-state index >= 15 is 0 Å². The lowest BCUT2D eigenvalue weighted by Crippen LogP contribution is -1.95.